The molecule has 4 rings (SSSR count). The smallest absolute Gasteiger partial charge is 0.332 e. The molecule has 0 aliphatic carbocycles. The number of likely N-dealkylation sites (tertiary alicyclic amines) is 1. The van der Waals surface area contributed by atoms with Crippen molar-refractivity contribution in [2.24, 2.45) is 0 Å². The number of thioether (sulfide) groups is 1. The first-order chi connectivity index (χ1) is 16.5. The Bertz CT molecular complexity index is 1040. The number of rotatable bonds is 8. The number of piperidine rings is 1. The molecule has 0 radical (unpaired) electrons. The maximum absolute atomic E-state index is 14.1. The highest BCUT2D eigenvalue weighted by molar-refractivity contribution is 8.02. The number of anilines is 1. The van der Waals surface area contributed by atoms with Gasteiger partial charge in [-0.25, -0.2) is 4.79 Å². The summed E-state index contributed by atoms with van der Waals surface area (Å²) in [7, 11) is 2.97. The van der Waals surface area contributed by atoms with Crippen molar-refractivity contribution in [2.75, 3.05) is 45.3 Å². The van der Waals surface area contributed by atoms with E-state index in [0.717, 1.165) is 41.5 Å². The van der Waals surface area contributed by atoms with E-state index in [1.54, 1.807) is 18.1 Å². The molecule has 2 aliphatic heterocycles. The Balaban J connectivity index is 1.65. The zero-order chi connectivity index (χ0) is 24.1. The highest BCUT2D eigenvalue weighted by Gasteiger charge is 2.53. The predicted octanol–water partition coefficient (Wildman–Crippen LogP) is 4.82. The van der Waals surface area contributed by atoms with Crippen molar-refractivity contribution in [2.45, 2.75) is 41.7 Å². The number of aryl methyl sites for hydroxylation is 1. The Hall–Kier alpha value is -2.22. The summed E-state index contributed by atoms with van der Waals surface area (Å²) in [5.74, 6) is -0.0108. The lowest BCUT2D eigenvalue weighted by Crippen LogP contribution is -2.56. The van der Waals surface area contributed by atoms with Gasteiger partial charge in [-0.2, -0.15) is 0 Å². The number of fused-ring (bicyclic) bond motifs is 1. The largest absolute Gasteiger partial charge is 0.497 e. The maximum atomic E-state index is 14.1. The van der Waals surface area contributed by atoms with Gasteiger partial charge in [0.2, 0.25) is 0 Å². The summed E-state index contributed by atoms with van der Waals surface area (Å²) in [5.41, 5.74) is 1.76. The van der Waals surface area contributed by atoms with Crippen LogP contribution in [-0.4, -0.2) is 61.9 Å². The number of benzene rings is 2. The molecule has 1 unspecified atom stereocenters. The van der Waals surface area contributed by atoms with Gasteiger partial charge in [0.05, 0.1) is 19.9 Å². The zero-order valence-corrected chi connectivity index (χ0v) is 21.3. The number of hydrogen-bond donors (Lipinski definition) is 0. The predicted molar refractivity (Wildman–Crippen MR) is 136 cm³/mol. The minimum Gasteiger partial charge on any atom is -0.497 e. The van der Waals surface area contributed by atoms with Crippen LogP contribution >= 0.6 is 23.4 Å². The molecule has 1 fully saturated rings. The molecule has 8 heteroatoms. The molecule has 6 nitrogen and oxygen atoms in total. The molecule has 1 saturated heterocycles. The first-order valence-corrected chi connectivity index (χ1v) is 12.9. The van der Waals surface area contributed by atoms with Crippen molar-refractivity contribution >= 4 is 40.9 Å². The van der Waals surface area contributed by atoms with Crippen molar-refractivity contribution < 1.29 is 19.1 Å². The Labute approximate surface area is 210 Å². The first-order valence-electron chi connectivity index (χ1n) is 11.7. The molecule has 0 aromatic heterocycles. The number of amides is 1. The molecule has 2 aromatic rings. The molecular weight excluding hydrogens is 472 g/mol. The molecule has 0 saturated carbocycles. The van der Waals surface area contributed by atoms with Gasteiger partial charge in [0.15, 0.2) is 4.75 Å². The fourth-order valence-corrected chi connectivity index (χ4v) is 6.21. The fourth-order valence-electron chi connectivity index (χ4n) is 4.70. The third-order valence-electron chi connectivity index (χ3n) is 6.59. The molecule has 1 amide bonds. The van der Waals surface area contributed by atoms with Gasteiger partial charge in [-0.1, -0.05) is 41.9 Å². The van der Waals surface area contributed by atoms with Crippen molar-refractivity contribution in [1.29, 1.82) is 0 Å². The van der Waals surface area contributed by atoms with Gasteiger partial charge in [0.1, 0.15) is 5.75 Å². The quantitative estimate of drug-likeness (QED) is 0.381. The highest BCUT2D eigenvalue weighted by atomic mass is 35.5. The van der Waals surface area contributed by atoms with Crippen LogP contribution in [0.3, 0.4) is 0 Å². The number of carbonyl (C=O) groups is 2. The number of methoxy groups -OCH3 is 2. The van der Waals surface area contributed by atoms with Crippen molar-refractivity contribution in [3.63, 3.8) is 0 Å². The van der Waals surface area contributed by atoms with Gasteiger partial charge in [-0.15, -0.1) is 0 Å². The third kappa shape index (κ3) is 5.21. The number of hydrogen-bond acceptors (Lipinski definition) is 6. The van der Waals surface area contributed by atoms with E-state index in [1.165, 1.54) is 38.1 Å². The SMILES string of the molecule is COC(=O)C1(CCc2cccc(OC)c2)Sc2ccc(Cl)cc2N(CCN2CCCCC2)C1=O. The topological polar surface area (TPSA) is 59.1 Å². The van der Waals surface area contributed by atoms with E-state index in [4.69, 9.17) is 21.1 Å². The molecule has 1 atom stereocenters. The van der Waals surface area contributed by atoms with Crippen LogP contribution in [-0.2, 0) is 20.7 Å². The lowest BCUT2D eigenvalue weighted by atomic mass is 9.96. The van der Waals surface area contributed by atoms with Crippen LogP contribution in [0.2, 0.25) is 5.02 Å². The van der Waals surface area contributed by atoms with Gasteiger partial charge >= 0.3 is 5.97 Å². The molecule has 0 bridgehead atoms. The highest BCUT2D eigenvalue weighted by Crippen LogP contribution is 2.49. The Morgan fingerprint density at radius 1 is 1.09 bits per heavy atom. The molecule has 0 spiro atoms. The van der Waals surface area contributed by atoms with E-state index >= 15 is 0 Å². The number of halogens is 1. The third-order valence-corrected chi connectivity index (χ3v) is 8.28. The van der Waals surface area contributed by atoms with Crippen LogP contribution in [0.15, 0.2) is 47.4 Å². The summed E-state index contributed by atoms with van der Waals surface area (Å²) in [6, 6.07) is 13.2. The normalized spacial score (nSPS) is 20.7. The molecule has 182 valence electrons. The maximum Gasteiger partial charge on any atom is 0.332 e. The molecular formula is C26H31ClN2O4S. The van der Waals surface area contributed by atoms with E-state index in [-0.39, 0.29) is 5.91 Å². The summed E-state index contributed by atoms with van der Waals surface area (Å²) in [6.07, 6.45) is 4.47. The standard InChI is InChI=1S/C26H31ClN2O4S/c1-32-21-8-6-7-19(17-21)11-12-26(25(31)33-2)24(30)29(16-15-28-13-4-3-5-14-28)22-18-20(27)9-10-23(22)34-26/h6-10,17-18H,3-5,11-16H2,1-2H3. The number of esters is 1. The lowest BCUT2D eigenvalue weighted by Gasteiger charge is -2.41. The summed E-state index contributed by atoms with van der Waals surface area (Å²) in [5, 5.41) is 0.567. The Morgan fingerprint density at radius 3 is 2.62 bits per heavy atom. The van der Waals surface area contributed by atoms with Crippen molar-refractivity contribution in [3.8, 4) is 5.75 Å². The Morgan fingerprint density at radius 2 is 1.88 bits per heavy atom. The monoisotopic (exact) mass is 502 g/mol. The van der Waals surface area contributed by atoms with Crippen LogP contribution in [0.4, 0.5) is 5.69 Å². The summed E-state index contributed by atoms with van der Waals surface area (Å²) in [4.78, 5) is 32.3. The molecule has 2 heterocycles. The Kier molecular flexibility index (Phi) is 8.06. The van der Waals surface area contributed by atoms with E-state index in [1.807, 2.05) is 36.4 Å². The number of nitrogens with zero attached hydrogens (tertiary/aromatic N) is 2. The average Bonchev–Trinajstić information content (AvgIpc) is 2.87. The van der Waals surface area contributed by atoms with E-state index in [2.05, 4.69) is 4.90 Å². The second kappa shape index (κ2) is 11.0. The van der Waals surface area contributed by atoms with Gasteiger partial charge < -0.3 is 19.3 Å². The zero-order valence-electron chi connectivity index (χ0n) is 19.7. The molecule has 2 aliphatic rings. The van der Waals surface area contributed by atoms with Crippen LogP contribution in [0, 0.1) is 0 Å². The second-order valence-corrected chi connectivity index (χ2v) is 10.5. The van der Waals surface area contributed by atoms with E-state index in [9.17, 15) is 9.59 Å². The minimum atomic E-state index is -1.36. The van der Waals surface area contributed by atoms with E-state index < -0.39 is 10.7 Å². The molecule has 2 aromatic carbocycles. The summed E-state index contributed by atoms with van der Waals surface area (Å²) < 4.78 is 9.19. The minimum absolute atomic E-state index is 0.237. The summed E-state index contributed by atoms with van der Waals surface area (Å²) in [6.45, 7) is 3.34. The molecule has 0 N–H and O–H groups in total. The van der Waals surface area contributed by atoms with Crippen LogP contribution in [0.25, 0.3) is 0 Å². The average molecular weight is 503 g/mol. The van der Waals surface area contributed by atoms with Crippen LogP contribution in [0.5, 0.6) is 5.75 Å². The lowest BCUT2D eigenvalue weighted by molar-refractivity contribution is -0.147. The van der Waals surface area contributed by atoms with Gasteiger partial charge in [0.25, 0.3) is 5.91 Å². The van der Waals surface area contributed by atoms with Crippen molar-refractivity contribution in [3.05, 3.63) is 53.1 Å². The first kappa shape index (κ1) is 24.9. The van der Waals surface area contributed by atoms with Gasteiger partial charge in [-0.3, -0.25) is 4.79 Å². The molecule has 34 heavy (non-hydrogen) atoms. The van der Waals surface area contributed by atoms with Gasteiger partial charge in [0, 0.05) is 23.0 Å². The number of carbonyl (C=O) groups excluding carboxylic acids is 2. The second-order valence-electron chi connectivity index (χ2n) is 8.74. The van der Waals surface area contributed by atoms with E-state index in [0.29, 0.717) is 24.4 Å². The van der Waals surface area contributed by atoms with Gasteiger partial charge in [-0.05, 0) is 74.7 Å². The fraction of sp³-hybridized carbons (Fsp3) is 0.462. The summed E-state index contributed by atoms with van der Waals surface area (Å²) >= 11 is 7.59. The van der Waals surface area contributed by atoms with Crippen LogP contribution < -0.4 is 9.64 Å². The van der Waals surface area contributed by atoms with Crippen molar-refractivity contribution in [1.82, 2.24) is 4.90 Å². The number of ether oxygens (including phenoxy) is 2. The van der Waals surface area contributed by atoms with Crippen LogP contribution in [0.1, 0.15) is 31.2 Å².